The number of imidazole rings is 1. The van der Waals surface area contributed by atoms with Crippen LogP contribution in [0.4, 0.5) is 5.95 Å². The smallest absolute Gasteiger partial charge is 0.262 e. The second-order valence-corrected chi connectivity index (χ2v) is 7.54. The third-order valence-corrected chi connectivity index (χ3v) is 5.75. The number of nitrogens with zero attached hydrogens (tertiary/aromatic N) is 3. The van der Waals surface area contributed by atoms with E-state index in [1.165, 1.54) is 0 Å². The Hall–Kier alpha value is -3.53. The Balaban J connectivity index is 1.40. The first-order valence-corrected chi connectivity index (χ1v) is 9.87. The van der Waals surface area contributed by atoms with Gasteiger partial charge in [0.1, 0.15) is 6.04 Å². The highest BCUT2D eigenvalue weighted by Gasteiger charge is 2.45. The highest BCUT2D eigenvalue weighted by atomic mass is 16.2. The summed E-state index contributed by atoms with van der Waals surface area (Å²) >= 11 is 0. The van der Waals surface area contributed by atoms with E-state index < -0.39 is 29.7 Å². The standard InChI is InChI=1S/C20H20N6O4/c27-15-5-4-14(17(28)24-15)26-18(29)13-3-1-2-11(16(13)19(26)30)8-22-20-23-10-12-9-21-6-7-25(12)20/h1-3,10,14,21H,4-9H2,(H,22,23)(H,24,27,28). The molecule has 10 nitrogen and oxygen atoms in total. The van der Waals surface area contributed by atoms with Crippen LogP contribution < -0.4 is 16.0 Å². The van der Waals surface area contributed by atoms with Crippen LogP contribution in [-0.4, -0.2) is 50.7 Å². The van der Waals surface area contributed by atoms with Crippen molar-refractivity contribution >= 4 is 29.6 Å². The fourth-order valence-electron chi connectivity index (χ4n) is 4.26. The largest absolute Gasteiger partial charge is 0.352 e. The van der Waals surface area contributed by atoms with Crippen LogP contribution in [0.25, 0.3) is 0 Å². The Kier molecular flexibility index (Phi) is 4.35. The number of rotatable bonds is 4. The van der Waals surface area contributed by atoms with Gasteiger partial charge in [0.05, 0.1) is 23.0 Å². The van der Waals surface area contributed by atoms with Crippen molar-refractivity contribution in [2.45, 2.75) is 38.5 Å². The Morgan fingerprint density at radius 1 is 1.17 bits per heavy atom. The molecule has 1 aromatic carbocycles. The molecular weight excluding hydrogens is 388 g/mol. The number of imide groups is 2. The highest BCUT2D eigenvalue weighted by molar-refractivity contribution is 6.24. The highest BCUT2D eigenvalue weighted by Crippen LogP contribution is 2.30. The zero-order valence-corrected chi connectivity index (χ0v) is 16.1. The van der Waals surface area contributed by atoms with E-state index in [4.69, 9.17) is 0 Å². The fourth-order valence-corrected chi connectivity index (χ4v) is 4.26. The number of benzene rings is 1. The van der Waals surface area contributed by atoms with E-state index in [2.05, 4.69) is 25.5 Å². The number of hydrogen-bond acceptors (Lipinski definition) is 7. The van der Waals surface area contributed by atoms with Crippen LogP contribution in [0.2, 0.25) is 0 Å². The molecule has 0 saturated carbocycles. The summed E-state index contributed by atoms with van der Waals surface area (Å²) in [6.45, 7) is 2.72. The zero-order valence-electron chi connectivity index (χ0n) is 16.1. The van der Waals surface area contributed by atoms with Crippen LogP contribution in [0.5, 0.6) is 0 Å². The van der Waals surface area contributed by atoms with Crippen molar-refractivity contribution in [3.63, 3.8) is 0 Å². The molecule has 5 rings (SSSR count). The SMILES string of the molecule is O=C1CCC(N2C(=O)c3cccc(CNc4ncc5n4CCNC5)c3C2=O)C(=O)N1. The molecule has 10 heteroatoms. The third-order valence-electron chi connectivity index (χ3n) is 5.75. The van der Waals surface area contributed by atoms with Crippen LogP contribution in [-0.2, 0) is 29.2 Å². The molecular formula is C20H20N6O4. The second kappa shape index (κ2) is 7.06. The molecule has 1 aromatic heterocycles. The molecule has 154 valence electrons. The van der Waals surface area contributed by atoms with Crippen LogP contribution in [0.15, 0.2) is 24.4 Å². The summed E-state index contributed by atoms with van der Waals surface area (Å²) in [5.41, 5.74) is 2.31. The lowest BCUT2D eigenvalue weighted by atomic mass is 10.0. The van der Waals surface area contributed by atoms with Gasteiger partial charge < -0.3 is 15.2 Å². The van der Waals surface area contributed by atoms with Gasteiger partial charge in [-0.05, 0) is 18.1 Å². The molecule has 0 radical (unpaired) electrons. The summed E-state index contributed by atoms with van der Waals surface area (Å²) in [7, 11) is 0. The minimum absolute atomic E-state index is 0.0953. The van der Waals surface area contributed by atoms with Crippen molar-refractivity contribution in [3.8, 4) is 0 Å². The van der Waals surface area contributed by atoms with Gasteiger partial charge in [-0.15, -0.1) is 0 Å². The summed E-state index contributed by atoms with van der Waals surface area (Å²) in [5.74, 6) is -1.30. The van der Waals surface area contributed by atoms with Crippen molar-refractivity contribution in [3.05, 3.63) is 46.8 Å². The molecule has 3 N–H and O–H groups in total. The Morgan fingerprint density at radius 2 is 2.03 bits per heavy atom. The van der Waals surface area contributed by atoms with Gasteiger partial charge in [0.2, 0.25) is 17.8 Å². The lowest BCUT2D eigenvalue weighted by Gasteiger charge is -2.27. The molecule has 1 atom stereocenters. The number of carbonyl (C=O) groups is 4. The van der Waals surface area contributed by atoms with E-state index >= 15 is 0 Å². The van der Waals surface area contributed by atoms with Gasteiger partial charge >= 0.3 is 0 Å². The first kappa shape index (κ1) is 18.5. The number of fused-ring (bicyclic) bond motifs is 2. The summed E-state index contributed by atoms with van der Waals surface area (Å²) in [6, 6.07) is 4.13. The molecule has 0 spiro atoms. The Morgan fingerprint density at radius 3 is 2.87 bits per heavy atom. The topological polar surface area (TPSA) is 125 Å². The van der Waals surface area contributed by atoms with Gasteiger partial charge in [0, 0.05) is 32.6 Å². The summed E-state index contributed by atoms with van der Waals surface area (Å²) < 4.78 is 2.09. The fraction of sp³-hybridized carbons (Fsp3) is 0.350. The predicted octanol–water partition coefficient (Wildman–Crippen LogP) is -0.000400. The average molecular weight is 408 g/mol. The monoisotopic (exact) mass is 408 g/mol. The minimum atomic E-state index is -0.970. The number of piperidine rings is 1. The molecule has 1 unspecified atom stereocenters. The molecule has 3 aliphatic rings. The maximum Gasteiger partial charge on any atom is 0.262 e. The van der Waals surface area contributed by atoms with Gasteiger partial charge in [-0.25, -0.2) is 4.98 Å². The third kappa shape index (κ3) is 2.88. The molecule has 2 aromatic rings. The molecule has 4 heterocycles. The first-order chi connectivity index (χ1) is 14.5. The van der Waals surface area contributed by atoms with Gasteiger partial charge in [0.15, 0.2) is 0 Å². The van der Waals surface area contributed by atoms with Gasteiger partial charge in [0.25, 0.3) is 11.8 Å². The maximum absolute atomic E-state index is 13.1. The molecule has 1 fully saturated rings. The van der Waals surface area contributed by atoms with Crippen molar-refractivity contribution in [1.82, 2.24) is 25.1 Å². The van der Waals surface area contributed by atoms with Crippen LogP contribution in [0, 0.1) is 0 Å². The Bertz CT molecular complexity index is 1090. The van der Waals surface area contributed by atoms with Crippen LogP contribution in [0.1, 0.15) is 44.8 Å². The first-order valence-electron chi connectivity index (χ1n) is 9.87. The predicted molar refractivity (Wildman–Crippen MR) is 104 cm³/mol. The summed E-state index contributed by atoms with van der Waals surface area (Å²) in [4.78, 5) is 55.1. The van der Waals surface area contributed by atoms with E-state index in [0.29, 0.717) is 23.6 Å². The number of hydrogen-bond donors (Lipinski definition) is 3. The van der Waals surface area contributed by atoms with E-state index in [1.807, 2.05) is 6.20 Å². The van der Waals surface area contributed by atoms with Crippen molar-refractivity contribution in [2.24, 2.45) is 0 Å². The number of nitrogens with one attached hydrogen (secondary N) is 3. The summed E-state index contributed by atoms with van der Waals surface area (Å²) in [6.07, 6.45) is 2.04. The zero-order chi connectivity index (χ0) is 20.8. The van der Waals surface area contributed by atoms with Crippen molar-refractivity contribution in [1.29, 1.82) is 0 Å². The van der Waals surface area contributed by atoms with Crippen LogP contribution >= 0.6 is 0 Å². The van der Waals surface area contributed by atoms with Gasteiger partial charge in [-0.1, -0.05) is 12.1 Å². The molecule has 0 aliphatic carbocycles. The molecule has 3 aliphatic heterocycles. The van der Waals surface area contributed by atoms with E-state index in [-0.39, 0.29) is 18.4 Å². The van der Waals surface area contributed by atoms with E-state index in [1.54, 1.807) is 18.2 Å². The summed E-state index contributed by atoms with van der Waals surface area (Å²) in [5, 5.41) is 8.76. The average Bonchev–Trinajstić information content (AvgIpc) is 3.26. The lowest BCUT2D eigenvalue weighted by molar-refractivity contribution is -0.136. The van der Waals surface area contributed by atoms with Gasteiger partial charge in [-0.2, -0.15) is 0 Å². The number of amides is 4. The lowest BCUT2D eigenvalue weighted by Crippen LogP contribution is -2.54. The minimum Gasteiger partial charge on any atom is -0.352 e. The number of carbonyl (C=O) groups excluding carboxylic acids is 4. The van der Waals surface area contributed by atoms with Crippen molar-refractivity contribution < 1.29 is 19.2 Å². The Labute approximate surface area is 171 Å². The quantitative estimate of drug-likeness (QED) is 0.608. The number of anilines is 1. The maximum atomic E-state index is 13.1. The molecule has 4 amide bonds. The van der Waals surface area contributed by atoms with E-state index in [0.717, 1.165) is 30.2 Å². The van der Waals surface area contributed by atoms with Crippen molar-refractivity contribution in [2.75, 3.05) is 11.9 Å². The van der Waals surface area contributed by atoms with Crippen LogP contribution in [0.3, 0.4) is 0 Å². The normalized spacial score (nSPS) is 20.8. The van der Waals surface area contributed by atoms with E-state index in [9.17, 15) is 19.2 Å². The number of aromatic nitrogens is 2. The second-order valence-electron chi connectivity index (χ2n) is 7.54. The van der Waals surface area contributed by atoms with Gasteiger partial charge in [-0.3, -0.25) is 29.4 Å². The molecule has 0 bridgehead atoms. The molecule has 1 saturated heterocycles. The molecule has 30 heavy (non-hydrogen) atoms.